The highest BCUT2D eigenvalue weighted by molar-refractivity contribution is 5.77. The van der Waals surface area contributed by atoms with Crippen LogP contribution >= 0.6 is 0 Å². The Labute approximate surface area is 146 Å². The van der Waals surface area contributed by atoms with E-state index >= 15 is 0 Å². The van der Waals surface area contributed by atoms with Crippen molar-refractivity contribution in [2.75, 3.05) is 33.2 Å². The molecular formula is C18H23N5O2+2. The van der Waals surface area contributed by atoms with Crippen molar-refractivity contribution in [1.29, 1.82) is 0 Å². The van der Waals surface area contributed by atoms with Gasteiger partial charge in [-0.3, -0.25) is 0 Å². The summed E-state index contributed by atoms with van der Waals surface area (Å²) in [6.07, 6.45) is 0. The number of aryl methyl sites for hydroxylation is 1. The van der Waals surface area contributed by atoms with Crippen LogP contribution in [0.5, 0.6) is 0 Å². The van der Waals surface area contributed by atoms with Crippen LogP contribution in [0.2, 0.25) is 0 Å². The van der Waals surface area contributed by atoms with Crippen molar-refractivity contribution in [2.24, 2.45) is 0 Å². The molecule has 1 aliphatic rings. The Morgan fingerprint density at radius 1 is 1.04 bits per heavy atom. The molecule has 2 aromatic heterocycles. The number of nitrogens with zero attached hydrogens (tertiary/aromatic N) is 3. The zero-order chi connectivity index (χ0) is 17.2. The van der Waals surface area contributed by atoms with Crippen LogP contribution in [0.15, 0.2) is 39.3 Å². The van der Waals surface area contributed by atoms with E-state index in [9.17, 15) is 0 Å². The summed E-state index contributed by atoms with van der Waals surface area (Å²) in [5.74, 6) is 1.83. The zero-order valence-electron chi connectivity index (χ0n) is 14.6. The van der Waals surface area contributed by atoms with Crippen LogP contribution in [0.4, 0.5) is 0 Å². The van der Waals surface area contributed by atoms with Crippen LogP contribution in [-0.2, 0) is 6.54 Å². The number of rotatable bonds is 4. The standard InChI is InChI=1S/C18H21N5O2/c1-13-16(17(21-25-13)14-6-4-3-5-7-14)18-20-19-15(24-18)12-23-10-8-22(2)9-11-23/h3-7H,8-12H2,1-2H3/p+2. The Bertz CT molecular complexity index is 834. The number of nitrogens with one attached hydrogen (secondary N) is 2. The molecule has 0 unspecified atom stereocenters. The van der Waals surface area contributed by atoms with Gasteiger partial charge in [0.15, 0.2) is 6.54 Å². The molecule has 0 aliphatic carbocycles. The lowest BCUT2D eigenvalue weighted by Gasteiger charge is -2.26. The first-order valence-electron chi connectivity index (χ1n) is 8.70. The van der Waals surface area contributed by atoms with Gasteiger partial charge >= 0.3 is 0 Å². The van der Waals surface area contributed by atoms with Crippen LogP contribution in [0.25, 0.3) is 22.7 Å². The van der Waals surface area contributed by atoms with Gasteiger partial charge < -0.3 is 18.7 Å². The summed E-state index contributed by atoms with van der Waals surface area (Å²) in [4.78, 5) is 3.08. The summed E-state index contributed by atoms with van der Waals surface area (Å²) in [6.45, 7) is 7.26. The number of hydrogen-bond donors (Lipinski definition) is 2. The maximum absolute atomic E-state index is 5.95. The Kier molecular flexibility index (Phi) is 4.33. The van der Waals surface area contributed by atoms with E-state index < -0.39 is 0 Å². The van der Waals surface area contributed by atoms with Crippen molar-refractivity contribution in [3.05, 3.63) is 42.0 Å². The number of quaternary nitrogens is 2. The summed E-state index contributed by atoms with van der Waals surface area (Å²) in [5.41, 5.74) is 2.49. The van der Waals surface area contributed by atoms with Gasteiger partial charge in [0.2, 0.25) is 0 Å². The lowest BCUT2D eigenvalue weighted by atomic mass is 10.1. The van der Waals surface area contributed by atoms with Gasteiger partial charge in [-0.25, -0.2) is 0 Å². The van der Waals surface area contributed by atoms with Crippen molar-refractivity contribution >= 4 is 0 Å². The lowest BCUT2D eigenvalue weighted by molar-refractivity contribution is -1.01. The Hall–Kier alpha value is -2.51. The molecule has 0 radical (unpaired) electrons. The molecule has 130 valence electrons. The van der Waals surface area contributed by atoms with Crippen molar-refractivity contribution in [1.82, 2.24) is 15.4 Å². The van der Waals surface area contributed by atoms with E-state index in [1.165, 1.54) is 18.0 Å². The minimum absolute atomic E-state index is 0.478. The van der Waals surface area contributed by atoms with Crippen molar-refractivity contribution in [2.45, 2.75) is 13.5 Å². The normalized spacial score (nSPS) is 20.7. The summed E-state index contributed by atoms with van der Waals surface area (Å²) in [5, 5.41) is 12.7. The number of hydrogen-bond acceptors (Lipinski definition) is 5. The molecule has 0 spiro atoms. The SMILES string of the molecule is Cc1onc(-c2ccccc2)c1-c1nnc(C[NH+]2CC[NH+](C)CC2)o1. The highest BCUT2D eigenvalue weighted by Gasteiger charge is 2.25. The van der Waals surface area contributed by atoms with E-state index in [1.807, 2.05) is 37.3 Å². The van der Waals surface area contributed by atoms with Crippen molar-refractivity contribution in [3.8, 4) is 22.7 Å². The van der Waals surface area contributed by atoms with Crippen LogP contribution in [0, 0.1) is 6.92 Å². The van der Waals surface area contributed by atoms with E-state index in [0.717, 1.165) is 36.5 Å². The molecule has 7 heteroatoms. The quantitative estimate of drug-likeness (QED) is 0.676. The van der Waals surface area contributed by atoms with Crippen LogP contribution in [0.1, 0.15) is 11.7 Å². The third-order valence-electron chi connectivity index (χ3n) is 4.80. The van der Waals surface area contributed by atoms with Gasteiger partial charge in [-0.05, 0) is 6.92 Å². The molecule has 0 atom stereocenters. The van der Waals surface area contributed by atoms with E-state index in [4.69, 9.17) is 8.94 Å². The number of benzene rings is 1. The molecule has 0 amide bonds. The van der Waals surface area contributed by atoms with Crippen molar-refractivity contribution < 1.29 is 18.7 Å². The first-order valence-corrected chi connectivity index (χ1v) is 8.70. The van der Waals surface area contributed by atoms with Gasteiger partial charge in [-0.15, -0.1) is 10.2 Å². The highest BCUT2D eigenvalue weighted by atomic mass is 16.5. The summed E-state index contributed by atoms with van der Waals surface area (Å²) in [7, 11) is 2.24. The second-order valence-corrected chi connectivity index (χ2v) is 6.71. The first kappa shape index (κ1) is 16.0. The maximum atomic E-state index is 5.95. The number of likely N-dealkylation sites (N-methyl/N-ethyl adjacent to an activating group) is 1. The van der Waals surface area contributed by atoms with Gasteiger partial charge in [0, 0.05) is 5.56 Å². The molecule has 1 fully saturated rings. The predicted octanol–water partition coefficient (Wildman–Crippen LogP) is -0.387. The Morgan fingerprint density at radius 3 is 2.56 bits per heavy atom. The number of piperazine rings is 1. The largest absolute Gasteiger partial charge is 0.415 e. The third kappa shape index (κ3) is 3.33. The van der Waals surface area contributed by atoms with Crippen LogP contribution in [-0.4, -0.2) is 48.6 Å². The van der Waals surface area contributed by atoms with Crippen LogP contribution in [0.3, 0.4) is 0 Å². The molecule has 1 aliphatic heterocycles. The van der Waals surface area contributed by atoms with Gasteiger partial charge in [-0.2, -0.15) is 0 Å². The van der Waals surface area contributed by atoms with E-state index in [-0.39, 0.29) is 0 Å². The molecule has 25 heavy (non-hydrogen) atoms. The van der Waals surface area contributed by atoms with Gasteiger partial charge in [0.1, 0.15) is 43.2 Å². The van der Waals surface area contributed by atoms with E-state index in [0.29, 0.717) is 17.5 Å². The molecule has 7 nitrogen and oxygen atoms in total. The molecule has 1 saturated heterocycles. The number of aromatic nitrogens is 3. The minimum Gasteiger partial charge on any atom is -0.415 e. The molecule has 3 aromatic rings. The monoisotopic (exact) mass is 341 g/mol. The predicted molar refractivity (Wildman–Crippen MR) is 91.0 cm³/mol. The van der Waals surface area contributed by atoms with Crippen LogP contribution < -0.4 is 9.80 Å². The molecule has 4 rings (SSSR count). The van der Waals surface area contributed by atoms with E-state index in [2.05, 4.69) is 22.4 Å². The fourth-order valence-corrected chi connectivity index (χ4v) is 3.26. The van der Waals surface area contributed by atoms with Crippen molar-refractivity contribution in [3.63, 3.8) is 0 Å². The first-order chi connectivity index (χ1) is 12.2. The molecule has 0 bridgehead atoms. The average Bonchev–Trinajstić information content (AvgIpc) is 3.24. The van der Waals surface area contributed by atoms with E-state index in [1.54, 1.807) is 4.90 Å². The average molecular weight is 341 g/mol. The molecule has 2 N–H and O–H groups in total. The minimum atomic E-state index is 0.478. The fourth-order valence-electron chi connectivity index (χ4n) is 3.26. The second kappa shape index (κ2) is 6.78. The summed E-state index contributed by atoms with van der Waals surface area (Å²) in [6, 6.07) is 9.91. The summed E-state index contributed by atoms with van der Waals surface area (Å²) < 4.78 is 11.3. The molecule has 3 heterocycles. The second-order valence-electron chi connectivity index (χ2n) is 6.71. The molecule has 0 saturated carbocycles. The zero-order valence-corrected chi connectivity index (χ0v) is 14.6. The molecule has 1 aromatic carbocycles. The lowest BCUT2D eigenvalue weighted by Crippen LogP contribution is -3.26. The molecular weight excluding hydrogens is 318 g/mol. The van der Waals surface area contributed by atoms with Gasteiger partial charge in [0.25, 0.3) is 11.8 Å². The van der Waals surface area contributed by atoms with Gasteiger partial charge in [0.05, 0.1) is 7.05 Å². The Morgan fingerprint density at radius 2 is 1.80 bits per heavy atom. The fraction of sp³-hybridized carbons (Fsp3) is 0.389. The smallest absolute Gasteiger partial charge is 0.271 e. The highest BCUT2D eigenvalue weighted by Crippen LogP contribution is 2.33. The summed E-state index contributed by atoms with van der Waals surface area (Å²) >= 11 is 0. The third-order valence-corrected chi connectivity index (χ3v) is 4.80. The topological polar surface area (TPSA) is 73.8 Å². The van der Waals surface area contributed by atoms with Gasteiger partial charge in [-0.1, -0.05) is 35.5 Å². The Balaban J connectivity index is 1.57. The maximum Gasteiger partial charge on any atom is 0.271 e.